The third kappa shape index (κ3) is 3.61. The van der Waals surface area contributed by atoms with Crippen LogP contribution in [-0.4, -0.2) is 43.8 Å². The fraction of sp³-hybridized carbons (Fsp3) is 0.632. The van der Waals surface area contributed by atoms with E-state index in [4.69, 9.17) is 9.84 Å². The molecule has 1 aliphatic heterocycles. The van der Waals surface area contributed by atoms with Gasteiger partial charge in [-0.05, 0) is 43.3 Å². The van der Waals surface area contributed by atoms with Crippen LogP contribution >= 0.6 is 0 Å². The van der Waals surface area contributed by atoms with Gasteiger partial charge in [-0.3, -0.25) is 0 Å². The molecular formula is C19H30BN3O. The molecule has 3 heterocycles. The maximum Gasteiger partial charge on any atom is 0.164 e. The van der Waals surface area contributed by atoms with Crippen molar-refractivity contribution in [1.29, 1.82) is 0 Å². The summed E-state index contributed by atoms with van der Waals surface area (Å²) in [5.74, 6) is 0.736. The van der Waals surface area contributed by atoms with Crippen LogP contribution in [0.2, 0.25) is 0 Å². The van der Waals surface area contributed by atoms with Crippen molar-refractivity contribution in [3.63, 3.8) is 0 Å². The average Bonchev–Trinajstić information content (AvgIpc) is 2.99. The first kappa shape index (κ1) is 17.3. The summed E-state index contributed by atoms with van der Waals surface area (Å²) in [7, 11) is 2.14. The lowest BCUT2D eigenvalue weighted by molar-refractivity contribution is 0.0682. The number of hydrogen-bond donors (Lipinski definition) is 0. The third-order valence-corrected chi connectivity index (χ3v) is 5.14. The highest BCUT2D eigenvalue weighted by Crippen LogP contribution is 2.29. The number of pyridine rings is 1. The van der Waals surface area contributed by atoms with Crippen molar-refractivity contribution in [2.45, 2.75) is 46.0 Å². The van der Waals surface area contributed by atoms with Crippen molar-refractivity contribution >= 4 is 24.6 Å². The summed E-state index contributed by atoms with van der Waals surface area (Å²) in [5.41, 5.74) is 5.05. The minimum atomic E-state index is 0.736. The molecule has 4 nitrogen and oxygen atoms in total. The number of hydrogen-bond acceptors (Lipinski definition) is 3. The number of unbranched alkanes of at least 4 members (excludes halogenated alkanes) is 1. The molecule has 2 aromatic heterocycles. The first-order valence-electron chi connectivity index (χ1n) is 9.54. The van der Waals surface area contributed by atoms with E-state index in [0.29, 0.717) is 0 Å². The lowest BCUT2D eigenvalue weighted by atomic mass is 9.99. The van der Waals surface area contributed by atoms with Crippen LogP contribution in [0.4, 0.5) is 5.69 Å². The van der Waals surface area contributed by atoms with Crippen LogP contribution in [0.3, 0.4) is 0 Å². The highest BCUT2D eigenvalue weighted by Gasteiger charge is 2.23. The van der Waals surface area contributed by atoms with E-state index >= 15 is 0 Å². The zero-order valence-electron chi connectivity index (χ0n) is 15.4. The van der Waals surface area contributed by atoms with Crippen LogP contribution in [0.5, 0.6) is 0 Å². The average molecular weight is 327 g/mol. The van der Waals surface area contributed by atoms with Crippen molar-refractivity contribution in [2.24, 2.45) is 5.92 Å². The first-order valence-corrected chi connectivity index (χ1v) is 9.54. The van der Waals surface area contributed by atoms with Gasteiger partial charge >= 0.3 is 0 Å². The molecule has 130 valence electrons. The van der Waals surface area contributed by atoms with E-state index in [1.807, 2.05) is 0 Å². The third-order valence-electron chi connectivity index (χ3n) is 5.14. The SMILES string of the molecule is Bc1cccc2c(N(CCCC)CC3CCOCC3)c(CC)nn12. The van der Waals surface area contributed by atoms with Gasteiger partial charge in [-0.25, -0.2) is 4.52 Å². The smallest absolute Gasteiger partial charge is 0.164 e. The molecule has 1 fully saturated rings. The Morgan fingerprint density at radius 1 is 1.29 bits per heavy atom. The number of aryl methyl sites for hydroxylation is 1. The van der Waals surface area contributed by atoms with E-state index in [2.05, 4.69) is 49.3 Å². The Kier molecular flexibility index (Phi) is 5.82. The quantitative estimate of drug-likeness (QED) is 0.730. The molecule has 0 radical (unpaired) electrons. The zero-order valence-corrected chi connectivity index (χ0v) is 15.4. The van der Waals surface area contributed by atoms with Gasteiger partial charge in [0.1, 0.15) is 0 Å². The van der Waals surface area contributed by atoms with Crippen LogP contribution in [0.1, 0.15) is 45.2 Å². The Morgan fingerprint density at radius 3 is 2.79 bits per heavy atom. The van der Waals surface area contributed by atoms with E-state index in [9.17, 15) is 0 Å². The molecule has 0 atom stereocenters. The molecule has 0 unspecified atom stereocenters. The second-order valence-corrected chi connectivity index (χ2v) is 6.97. The van der Waals surface area contributed by atoms with Gasteiger partial charge in [-0.2, -0.15) is 5.10 Å². The monoisotopic (exact) mass is 327 g/mol. The van der Waals surface area contributed by atoms with Crippen LogP contribution in [0, 0.1) is 5.92 Å². The van der Waals surface area contributed by atoms with Crippen molar-refractivity contribution in [1.82, 2.24) is 9.61 Å². The van der Waals surface area contributed by atoms with E-state index in [1.54, 1.807) is 0 Å². The molecule has 0 aliphatic carbocycles. The molecule has 0 aromatic carbocycles. The lowest BCUT2D eigenvalue weighted by Crippen LogP contribution is -2.33. The van der Waals surface area contributed by atoms with Crippen molar-refractivity contribution in [2.75, 3.05) is 31.2 Å². The molecule has 3 rings (SSSR count). The minimum absolute atomic E-state index is 0.736. The van der Waals surface area contributed by atoms with Gasteiger partial charge in [0.05, 0.1) is 16.9 Å². The van der Waals surface area contributed by atoms with Gasteiger partial charge in [-0.1, -0.05) is 32.4 Å². The Morgan fingerprint density at radius 2 is 2.08 bits per heavy atom. The highest BCUT2D eigenvalue weighted by molar-refractivity contribution is 6.31. The largest absolute Gasteiger partial charge is 0.381 e. The predicted octanol–water partition coefficient (Wildman–Crippen LogP) is 2.19. The topological polar surface area (TPSA) is 29.8 Å². The van der Waals surface area contributed by atoms with Crippen LogP contribution in [-0.2, 0) is 11.2 Å². The fourth-order valence-corrected chi connectivity index (χ4v) is 3.70. The normalized spacial score (nSPS) is 15.9. The number of fused-ring (bicyclic) bond motifs is 1. The minimum Gasteiger partial charge on any atom is -0.381 e. The molecule has 1 saturated heterocycles. The molecule has 1 aliphatic rings. The van der Waals surface area contributed by atoms with Crippen molar-refractivity contribution in [3.05, 3.63) is 23.9 Å². The molecule has 0 bridgehead atoms. The molecular weight excluding hydrogens is 297 g/mol. The van der Waals surface area contributed by atoms with Crippen LogP contribution < -0.4 is 10.5 Å². The molecule has 2 aromatic rings. The van der Waals surface area contributed by atoms with Crippen molar-refractivity contribution in [3.8, 4) is 0 Å². The highest BCUT2D eigenvalue weighted by atomic mass is 16.5. The molecule has 0 saturated carbocycles. The summed E-state index contributed by atoms with van der Waals surface area (Å²) >= 11 is 0. The van der Waals surface area contributed by atoms with Gasteiger partial charge in [0.2, 0.25) is 0 Å². The lowest BCUT2D eigenvalue weighted by Gasteiger charge is -2.31. The Hall–Kier alpha value is -1.49. The number of nitrogens with zero attached hydrogens (tertiary/aromatic N) is 3. The molecule has 0 N–H and O–H groups in total. The predicted molar refractivity (Wildman–Crippen MR) is 103 cm³/mol. The van der Waals surface area contributed by atoms with Crippen LogP contribution in [0.15, 0.2) is 18.2 Å². The van der Waals surface area contributed by atoms with Crippen molar-refractivity contribution < 1.29 is 4.74 Å². The number of ether oxygens (including phenoxy) is 1. The van der Waals surface area contributed by atoms with Gasteiger partial charge in [0.15, 0.2) is 7.85 Å². The molecule has 24 heavy (non-hydrogen) atoms. The van der Waals surface area contributed by atoms with Gasteiger partial charge in [0, 0.05) is 26.3 Å². The summed E-state index contributed by atoms with van der Waals surface area (Å²) in [6.07, 6.45) is 5.80. The summed E-state index contributed by atoms with van der Waals surface area (Å²) in [6.45, 7) is 8.57. The van der Waals surface area contributed by atoms with E-state index in [1.165, 1.54) is 48.2 Å². The molecule has 5 heteroatoms. The molecule has 0 spiro atoms. The van der Waals surface area contributed by atoms with E-state index < -0.39 is 0 Å². The first-order chi connectivity index (χ1) is 11.7. The number of aromatic nitrogens is 2. The second kappa shape index (κ2) is 8.06. The van der Waals surface area contributed by atoms with E-state index in [0.717, 1.165) is 38.6 Å². The maximum absolute atomic E-state index is 5.55. The Balaban J connectivity index is 1.96. The standard InChI is InChI=1S/C19H30BN3O/c1-3-5-11-22(14-15-9-12-24-13-10-15)19-16(4-2)21-23-17(19)7-6-8-18(23)20/h6-8,15H,3-5,9-14,20H2,1-2H3. The summed E-state index contributed by atoms with van der Waals surface area (Å²) in [5, 5.41) is 4.90. The summed E-state index contributed by atoms with van der Waals surface area (Å²) in [4.78, 5) is 2.61. The summed E-state index contributed by atoms with van der Waals surface area (Å²) < 4.78 is 7.67. The maximum atomic E-state index is 5.55. The molecule has 0 amide bonds. The van der Waals surface area contributed by atoms with Gasteiger partial charge in [-0.15, -0.1) is 0 Å². The van der Waals surface area contributed by atoms with E-state index in [-0.39, 0.29) is 0 Å². The second-order valence-electron chi connectivity index (χ2n) is 6.97. The zero-order chi connectivity index (χ0) is 16.9. The Bertz CT molecular complexity index is 664. The van der Waals surface area contributed by atoms with Crippen LogP contribution in [0.25, 0.3) is 5.52 Å². The van der Waals surface area contributed by atoms with Gasteiger partial charge in [0.25, 0.3) is 0 Å². The number of anilines is 1. The number of rotatable bonds is 7. The fourth-order valence-electron chi connectivity index (χ4n) is 3.70. The van der Waals surface area contributed by atoms with Gasteiger partial charge < -0.3 is 9.64 Å². The summed E-state index contributed by atoms with van der Waals surface area (Å²) in [6, 6.07) is 6.51. The Labute approximate surface area is 146 Å².